The van der Waals surface area contributed by atoms with Gasteiger partial charge in [0.1, 0.15) is 0 Å². The van der Waals surface area contributed by atoms with Gasteiger partial charge >= 0.3 is 0 Å². The molecule has 81 valence electrons. The number of ketones is 1. The van der Waals surface area contributed by atoms with Crippen molar-refractivity contribution in [3.8, 4) is 0 Å². The van der Waals surface area contributed by atoms with Crippen molar-refractivity contribution in [2.45, 2.75) is 38.8 Å². The summed E-state index contributed by atoms with van der Waals surface area (Å²) in [7, 11) is 0. The Bertz CT molecular complexity index is 192. The second kappa shape index (κ2) is 5.47. The van der Waals surface area contributed by atoms with Crippen LogP contribution in [0.15, 0.2) is 0 Å². The van der Waals surface area contributed by atoms with E-state index in [1.54, 1.807) is 0 Å². The van der Waals surface area contributed by atoms with Crippen LogP contribution in [0.2, 0.25) is 0 Å². The number of nitrogens with one attached hydrogen (secondary N) is 2. The van der Waals surface area contributed by atoms with Crippen molar-refractivity contribution in [1.82, 2.24) is 10.6 Å². The standard InChI is InChI=1S/C11H21N2O/c1-4-10(14)11-9(7-8(2)3)12-5-6-13-11/h8-9,11-13H,1,4-7H2,2-3H3. The van der Waals surface area contributed by atoms with Crippen molar-refractivity contribution >= 4 is 5.78 Å². The molecule has 0 aromatic heterocycles. The minimum atomic E-state index is -0.0244. The number of carbonyl (C=O) groups excluding carboxylic acids is 1. The molecule has 2 atom stereocenters. The summed E-state index contributed by atoms with van der Waals surface area (Å²) in [6.07, 6.45) is 1.43. The lowest BCUT2D eigenvalue weighted by Crippen LogP contribution is -2.59. The molecule has 1 rings (SSSR count). The first-order valence-electron chi connectivity index (χ1n) is 5.44. The fraction of sp³-hybridized carbons (Fsp3) is 0.818. The molecule has 14 heavy (non-hydrogen) atoms. The molecule has 2 unspecified atom stereocenters. The molecule has 0 bridgehead atoms. The van der Waals surface area contributed by atoms with E-state index in [0.717, 1.165) is 19.5 Å². The van der Waals surface area contributed by atoms with Crippen LogP contribution in [0.5, 0.6) is 0 Å². The van der Waals surface area contributed by atoms with E-state index >= 15 is 0 Å². The minimum Gasteiger partial charge on any atom is -0.311 e. The summed E-state index contributed by atoms with van der Waals surface area (Å²) in [5, 5.41) is 6.68. The molecule has 1 saturated heterocycles. The average Bonchev–Trinajstić information content (AvgIpc) is 2.16. The molecule has 0 amide bonds. The zero-order chi connectivity index (χ0) is 10.6. The van der Waals surface area contributed by atoms with Crippen LogP contribution in [0.4, 0.5) is 0 Å². The van der Waals surface area contributed by atoms with Gasteiger partial charge in [0.25, 0.3) is 0 Å². The number of carbonyl (C=O) groups is 1. The third-order valence-electron chi connectivity index (χ3n) is 2.62. The molecule has 1 aliphatic rings. The number of piperazine rings is 1. The molecule has 1 heterocycles. The summed E-state index contributed by atoms with van der Waals surface area (Å²) in [6.45, 7) is 9.86. The molecule has 2 N–H and O–H groups in total. The maximum absolute atomic E-state index is 11.6. The van der Waals surface area contributed by atoms with E-state index in [0.29, 0.717) is 12.3 Å². The van der Waals surface area contributed by atoms with E-state index in [4.69, 9.17) is 0 Å². The Morgan fingerprint density at radius 1 is 1.43 bits per heavy atom. The SMILES string of the molecule is [CH2]CC(=O)C1NCCNC1CC(C)C. The second-order valence-electron chi connectivity index (χ2n) is 4.34. The Labute approximate surface area is 86.6 Å². The summed E-state index contributed by atoms with van der Waals surface area (Å²) in [5.74, 6) is 0.843. The van der Waals surface area contributed by atoms with Gasteiger partial charge < -0.3 is 10.6 Å². The van der Waals surface area contributed by atoms with Crippen molar-refractivity contribution in [1.29, 1.82) is 0 Å². The number of hydrogen-bond acceptors (Lipinski definition) is 3. The van der Waals surface area contributed by atoms with Gasteiger partial charge in [-0.05, 0) is 19.3 Å². The molecule has 0 spiro atoms. The molecule has 0 saturated carbocycles. The van der Waals surface area contributed by atoms with Gasteiger partial charge in [0.05, 0.1) is 6.04 Å². The van der Waals surface area contributed by atoms with Crippen LogP contribution >= 0.6 is 0 Å². The first-order chi connectivity index (χ1) is 6.65. The molecule has 0 aromatic rings. The Kier molecular flexibility index (Phi) is 4.55. The maximum atomic E-state index is 11.6. The van der Waals surface area contributed by atoms with Gasteiger partial charge in [0.2, 0.25) is 0 Å². The topological polar surface area (TPSA) is 41.1 Å². The second-order valence-corrected chi connectivity index (χ2v) is 4.34. The Morgan fingerprint density at radius 2 is 2.07 bits per heavy atom. The number of Topliss-reactive ketones (excluding diaryl/α,β-unsaturated/α-hetero) is 1. The van der Waals surface area contributed by atoms with Crippen LogP contribution in [0.3, 0.4) is 0 Å². The molecular weight excluding hydrogens is 176 g/mol. The quantitative estimate of drug-likeness (QED) is 0.699. The molecule has 3 nitrogen and oxygen atoms in total. The number of hydrogen-bond donors (Lipinski definition) is 2. The van der Waals surface area contributed by atoms with Crippen molar-refractivity contribution in [3.05, 3.63) is 6.92 Å². The fourth-order valence-electron chi connectivity index (χ4n) is 1.97. The zero-order valence-electron chi connectivity index (χ0n) is 9.18. The molecule has 1 fully saturated rings. The van der Waals surface area contributed by atoms with E-state index in [1.807, 2.05) is 0 Å². The van der Waals surface area contributed by atoms with E-state index in [9.17, 15) is 4.79 Å². The van der Waals surface area contributed by atoms with Gasteiger partial charge in [-0.3, -0.25) is 4.79 Å². The highest BCUT2D eigenvalue weighted by Crippen LogP contribution is 2.12. The predicted molar refractivity (Wildman–Crippen MR) is 58.0 cm³/mol. The molecule has 0 aromatic carbocycles. The maximum Gasteiger partial charge on any atom is 0.151 e. The lowest BCUT2D eigenvalue weighted by molar-refractivity contribution is -0.121. The molecule has 1 radical (unpaired) electrons. The highest BCUT2D eigenvalue weighted by atomic mass is 16.1. The first-order valence-corrected chi connectivity index (χ1v) is 5.44. The van der Waals surface area contributed by atoms with Gasteiger partial charge in [-0.2, -0.15) is 0 Å². The zero-order valence-corrected chi connectivity index (χ0v) is 9.18. The summed E-state index contributed by atoms with van der Waals surface area (Å²) >= 11 is 0. The third kappa shape index (κ3) is 3.07. The van der Waals surface area contributed by atoms with E-state index in [2.05, 4.69) is 31.4 Å². The highest BCUT2D eigenvalue weighted by Gasteiger charge is 2.29. The lowest BCUT2D eigenvalue weighted by atomic mass is 9.92. The Morgan fingerprint density at radius 3 is 2.64 bits per heavy atom. The number of rotatable bonds is 4. The van der Waals surface area contributed by atoms with Crippen molar-refractivity contribution in [2.75, 3.05) is 13.1 Å². The third-order valence-corrected chi connectivity index (χ3v) is 2.62. The van der Waals surface area contributed by atoms with Crippen LogP contribution < -0.4 is 10.6 Å². The van der Waals surface area contributed by atoms with Crippen LogP contribution in [-0.2, 0) is 4.79 Å². The van der Waals surface area contributed by atoms with E-state index < -0.39 is 0 Å². The van der Waals surface area contributed by atoms with E-state index in [1.165, 1.54) is 0 Å². The van der Waals surface area contributed by atoms with Crippen molar-refractivity contribution < 1.29 is 4.79 Å². The summed E-state index contributed by atoms with van der Waals surface area (Å²) in [4.78, 5) is 11.6. The lowest BCUT2D eigenvalue weighted by Gasteiger charge is -2.33. The smallest absolute Gasteiger partial charge is 0.151 e. The van der Waals surface area contributed by atoms with Gasteiger partial charge in [-0.1, -0.05) is 13.8 Å². The molecular formula is C11H21N2O. The largest absolute Gasteiger partial charge is 0.311 e. The highest BCUT2D eigenvalue weighted by molar-refractivity contribution is 5.85. The van der Waals surface area contributed by atoms with Crippen LogP contribution in [0.25, 0.3) is 0 Å². The summed E-state index contributed by atoms with van der Waals surface area (Å²) in [5.41, 5.74) is 0. The van der Waals surface area contributed by atoms with Crippen LogP contribution in [-0.4, -0.2) is 31.0 Å². The van der Waals surface area contributed by atoms with Gasteiger partial charge in [-0.25, -0.2) is 0 Å². The fourth-order valence-corrected chi connectivity index (χ4v) is 1.97. The van der Waals surface area contributed by atoms with Gasteiger partial charge in [-0.15, -0.1) is 0 Å². The molecule has 0 aliphatic carbocycles. The minimum absolute atomic E-state index is 0.0244. The first kappa shape index (κ1) is 11.7. The summed E-state index contributed by atoms with van der Waals surface area (Å²) in [6, 6.07) is 0.265. The van der Waals surface area contributed by atoms with Gasteiger partial charge in [0, 0.05) is 25.6 Å². The average molecular weight is 197 g/mol. The van der Waals surface area contributed by atoms with E-state index in [-0.39, 0.29) is 17.9 Å². The Balaban J connectivity index is 2.54. The monoisotopic (exact) mass is 197 g/mol. The Hall–Kier alpha value is -0.410. The normalized spacial score (nSPS) is 28.0. The van der Waals surface area contributed by atoms with Crippen LogP contribution in [0, 0.1) is 12.8 Å². The predicted octanol–water partition coefficient (Wildman–Crippen LogP) is 0.756. The molecule has 3 heteroatoms. The molecule has 1 aliphatic heterocycles. The van der Waals surface area contributed by atoms with Crippen LogP contribution in [0.1, 0.15) is 26.7 Å². The summed E-state index contributed by atoms with van der Waals surface area (Å²) < 4.78 is 0. The van der Waals surface area contributed by atoms with Crippen molar-refractivity contribution in [2.24, 2.45) is 5.92 Å². The van der Waals surface area contributed by atoms with Crippen molar-refractivity contribution in [3.63, 3.8) is 0 Å². The van der Waals surface area contributed by atoms with Gasteiger partial charge in [0.15, 0.2) is 5.78 Å².